The van der Waals surface area contributed by atoms with Gasteiger partial charge in [-0.2, -0.15) is 5.10 Å². The van der Waals surface area contributed by atoms with Crippen molar-refractivity contribution in [2.45, 2.75) is 38.8 Å². The van der Waals surface area contributed by atoms with Crippen LogP contribution in [0.25, 0.3) is 22.2 Å². The van der Waals surface area contributed by atoms with E-state index < -0.39 is 0 Å². The van der Waals surface area contributed by atoms with E-state index in [4.69, 9.17) is 4.98 Å². The zero-order chi connectivity index (χ0) is 26.1. The average molecular weight is 514 g/mol. The first-order valence-corrected chi connectivity index (χ1v) is 13.3. The molecule has 9 heteroatoms. The third-order valence-electron chi connectivity index (χ3n) is 7.79. The first-order valence-electron chi connectivity index (χ1n) is 13.3. The summed E-state index contributed by atoms with van der Waals surface area (Å²) in [5.74, 6) is 0.978. The average Bonchev–Trinajstić information content (AvgIpc) is 3.50. The number of halogens is 1. The molecule has 1 fully saturated rings. The van der Waals surface area contributed by atoms with Crippen LogP contribution < -0.4 is 10.2 Å². The SMILES string of the molecule is Cc1cc(-c2ccn[nH]2)cc2c(N3CCc4ccc(C(=O)N5CCC(NCCF)CC5)cc4C3)ncnc12. The number of H-pyrrole nitrogens is 1. The third-order valence-corrected chi connectivity index (χ3v) is 7.79. The maximum atomic E-state index is 13.3. The van der Waals surface area contributed by atoms with E-state index in [2.05, 4.69) is 56.6 Å². The molecule has 0 spiro atoms. The summed E-state index contributed by atoms with van der Waals surface area (Å²) in [6.07, 6.45) is 5.99. The van der Waals surface area contributed by atoms with Crippen molar-refractivity contribution in [3.63, 3.8) is 0 Å². The smallest absolute Gasteiger partial charge is 0.253 e. The van der Waals surface area contributed by atoms with E-state index in [1.807, 2.05) is 17.0 Å². The van der Waals surface area contributed by atoms with Crippen LogP contribution in [0.15, 0.2) is 48.9 Å². The summed E-state index contributed by atoms with van der Waals surface area (Å²) in [4.78, 5) is 26.8. The number of hydrogen-bond donors (Lipinski definition) is 2. The van der Waals surface area contributed by atoms with Gasteiger partial charge < -0.3 is 15.1 Å². The van der Waals surface area contributed by atoms with E-state index in [0.717, 1.165) is 70.5 Å². The molecule has 0 aliphatic carbocycles. The Morgan fingerprint density at radius 3 is 2.76 bits per heavy atom. The Labute approximate surface area is 221 Å². The lowest BCUT2D eigenvalue weighted by molar-refractivity contribution is 0.0704. The third kappa shape index (κ3) is 4.74. The fourth-order valence-electron chi connectivity index (χ4n) is 5.76. The zero-order valence-corrected chi connectivity index (χ0v) is 21.6. The molecule has 0 radical (unpaired) electrons. The van der Waals surface area contributed by atoms with E-state index in [-0.39, 0.29) is 18.6 Å². The van der Waals surface area contributed by atoms with Crippen molar-refractivity contribution in [1.29, 1.82) is 0 Å². The molecule has 2 aromatic heterocycles. The Kier molecular flexibility index (Phi) is 6.76. The standard InChI is InChI=1S/C29H32FN7O/c1-19-14-22(26-4-9-34-35-26)16-25-27(19)32-18-33-28(25)37-11-5-20-2-3-21(15-23(20)17-37)29(38)36-12-6-24(7-13-36)31-10-8-30/h2-4,9,14-16,18,24,31H,5-8,10-13,17H2,1H3,(H,34,35). The molecule has 196 valence electrons. The molecular formula is C29H32FN7O. The first kappa shape index (κ1) is 24.5. The fraction of sp³-hybridized carbons (Fsp3) is 0.379. The lowest BCUT2D eigenvalue weighted by Gasteiger charge is -2.33. The highest BCUT2D eigenvalue weighted by Gasteiger charge is 2.26. The molecular weight excluding hydrogens is 481 g/mol. The number of nitrogens with one attached hydrogen (secondary N) is 2. The van der Waals surface area contributed by atoms with Crippen LogP contribution in [0.3, 0.4) is 0 Å². The minimum Gasteiger partial charge on any atom is -0.351 e. The molecule has 8 nitrogen and oxygen atoms in total. The summed E-state index contributed by atoms with van der Waals surface area (Å²) < 4.78 is 12.5. The van der Waals surface area contributed by atoms with Crippen LogP contribution in [0.1, 0.15) is 39.9 Å². The number of aromatic amines is 1. The van der Waals surface area contributed by atoms with Crippen LogP contribution in [-0.4, -0.2) is 69.9 Å². The Morgan fingerprint density at radius 1 is 1.11 bits per heavy atom. The molecule has 4 aromatic rings. The maximum Gasteiger partial charge on any atom is 0.253 e. The van der Waals surface area contributed by atoms with Crippen molar-refractivity contribution in [2.24, 2.45) is 0 Å². The summed E-state index contributed by atoms with van der Waals surface area (Å²) in [7, 11) is 0. The van der Waals surface area contributed by atoms with Gasteiger partial charge in [0.2, 0.25) is 0 Å². The molecule has 4 heterocycles. The van der Waals surface area contributed by atoms with Crippen LogP contribution in [-0.2, 0) is 13.0 Å². The van der Waals surface area contributed by atoms with Gasteiger partial charge in [0.25, 0.3) is 5.91 Å². The highest BCUT2D eigenvalue weighted by molar-refractivity contribution is 5.96. The van der Waals surface area contributed by atoms with Gasteiger partial charge in [0.1, 0.15) is 18.8 Å². The Hall–Kier alpha value is -3.85. The van der Waals surface area contributed by atoms with E-state index in [0.29, 0.717) is 26.2 Å². The van der Waals surface area contributed by atoms with E-state index in [9.17, 15) is 9.18 Å². The number of fused-ring (bicyclic) bond motifs is 2. The predicted octanol–water partition coefficient (Wildman–Crippen LogP) is 4.05. The highest BCUT2D eigenvalue weighted by atomic mass is 19.1. The number of hydrogen-bond acceptors (Lipinski definition) is 6. The zero-order valence-electron chi connectivity index (χ0n) is 21.6. The number of carbonyl (C=O) groups excluding carboxylic acids is 1. The van der Waals surface area contributed by atoms with Gasteiger partial charge in [0, 0.05) is 61.5 Å². The second-order valence-corrected chi connectivity index (χ2v) is 10.2. The van der Waals surface area contributed by atoms with E-state index >= 15 is 0 Å². The molecule has 1 saturated heterocycles. The van der Waals surface area contributed by atoms with E-state index in [1.54, 1.807) is 12.5 Å². The fourth-order valence-corrected chi connectivity index (χ4v) is 5.76. The maximum absolute atomic E-state index is 13.3. The number of aromatic nitrogens is 4. The van der Waals surface area contributed by atoms with Crippen molar-refractivity contribution in [3.8, 4) is 11.3 Å². The molecule has 0 atom stereocenters. The number of carbonyl (C=O) groups is 1. The van der Waals surface area contributed by atoms with Crippen LogP contribution in [0.4, 0.5) is 10.2 Å². The van der Waals surface area contributed by atoms with Crippen molar-refractivity contribution in [2.75, 3.05) is 37.8 Å². The minimum absolute atomic E-state index is 0.0705. The molecule has 0 saturated carbocycles. The van der Waals surface area contributed by atoms with Gasteiger partial charge in [-0.1, -0.05) is 6.07 Å². The van der Waals surface area contributed by atoms with Crippen LogP contribution in [0.2, 0.25) is 0 Å². The van der Waals surface area contributed by atoms with Crippen molar-refractivity contribution in [3.05, 3.63) is 71.2 Å². The summed E-state index contributed by atoms with van der Waals surface area (Å²) in [6.45, 7) is 5.01. The number of likely N-dealkylation sites (tertiary alicyclic amines) is 1. The normalized spacial score (nSPS) is 16.2. The van der Waals surface area contributed by atoms with Crippen LogP contribution >= 0.6 is 0 Å². The van der Waals surface area contributed by atoms with Gasteiger partial charge in [-0.05, 0) is 73.2 Å². The number of rotatable bonds is 6. The second kappa shape index (κ2) is 10.5. The molecule has 0 bridgehead atoms. The molecule has 0 unspecified atom stereocenters. The Morgan fingerprint density at radius 2 is 1.97 bits per heavy atom. The van der Waals surface area contributed by atoms with Gasteiger partial charge in [0.15, 0.2) is 0 Å². The Bertz CT molecular complexity index is 1450. The number of alkyl halides is 1. The molecule has 38 heavy (non-hydrogen) atoms. The number of aryl methyl sites for hydroxylation is 1. The number of anilines is 1. The molecule has 2 aromatic carbocycles. The van der Waals surface area contributed by atoms with Gasteiger partial charge in [-0.15, -0.1) is 0 Å². The van der Waals surface area contributed by atoms with Gasteiger partial charge in [-0.25, -0.2) is 14.4 Å². The monoisotopic (exact) mass is 513 g/mol. The molecule has 1 amide bonds. The summed E-state index contributed by atoms with van der Waals surface area (Å²) in [5, 5.41) is 11.4. The molecule has 2 aliphatic heterocycles. The molecule has 2 N–H and O–H groups in total. The Balaban J connectivity index is 1.24. The van der Waals surface area contributed by atoms with Gasteiger partial charge in [0.05, 0.1) is 11.2 Å². The lowest BCUT2D eigenvalue weighted by Crippen LogP contribution is -2.45. The van der Waals surface area contributed by atoms with Crippen molar-refractivity contribution >= 4 is 22.6 Å². The van der Waals surface area contributed by atoms with Crippen molar-refractivity contribution in [1.82, 2.24) is 30.4 Å². The topological polar surface area (TPSA) is 90.0 Å². The lowest BCUT2D eigenvalue weighted by atomic mass is 9.96. The predicted molar refractivity (Wildman–Crippen MR) is 146 cm³/mol. The first-order chi connectivity index (χ1) is 18.6. The van der Waals surface area contributed by atoms with Crippen molar-refractivity contribution < 1.29 is 9.18 Å². The van der Waals surface area contributed by atoms with E-state index in [1.165, 1.54) is 5.56 Å². The molecule has 6 rings (SSSR count). The van der Waals surface area contributed by atoms with Crippen LogP contribution in [0, 0.1) is 6.92 Å². The summed E-state index contributed by atoms with van der Waals surface area (Å²) in [5.41, 5.74) is 7.21. The number of nitrogens with zero attached hydrogens (tertiary/aromatic N) is 5. The highest BCUT2D eigenvalue weighted by Crippen LogP contribution is 2.33. The quantitative estimate of drug-likeness (QED) is 0.404. The number of piperidine rings is 1. The molecule has 2 aliphatic rings. The summed E-state index contributed by atoms with van der Waals surface area (Å²) >= 11 is 0. The largest absolute Gasteiger partial charge is 0.351 e. The summed E-state index contributed by atoms with van der Waals surface area (Å²) in [6, 6.07) is 12.6. The van der Waals surface area contributed by atoms with Gasteiger partial charge in [-0.3, -0.25) is 9.89 Å². The van der Waals surface area contributed by atoms with Gasteiger partial charge >= 0.3 is 0 Å². The van der Waals surface area contributed by atoms with Crippen LogP contribution in [0.5, 0.6) is 0 Å². The number of benzene rings is 2. The second-order valence-electron chi connectivity index (χ2n) is 10.2. The number of amides is 1. The minimum atomic E-state index is -0.360.